The smallest absolute Gasteiger partial charge is 0.433 e. The summed E-state index contributed by atoms with van der Waals surface area (Å²) in [5.74, 6) is -5.52. The Morgan fingerprint density at radius 1 is 1.02 bits per heavy atom. The van der Waals surface area contributed by atoms with Gasteiger partial charge in [0.05, 0.1) is 29.0 Å². The molecule has 0 unspecified atom stereocenters. The lowest BCUT2D eigenvalue weighted by atomic mass is 9.72. The van der Waals surface area contributed by atoms with Gasteiger partial charge >= 0.3 is 12.4 Å². The molecule has 0 saturated heterocycles. The molecule has 1 fully saturated rings. The van der Waals surface area contributed by atoms with Crippen LogP contribution in [0.15, 0.2) is 60.1 Å². The van der Waals surface area contributed by atoms with Crippen molar-refractivity contribution in [3.63, 3.8) is 0 Å². The first kappa shape index (κ1) is 30.8. The van der Waals surface area contributed by atoms with E-state index in [1.54, 1.807) is 0 Å². The predicted molar refractivity (Wildman–Crippen MR) is 137 cm³/mol. The summed E-state index contributed by atoms with van der Waals surface area (Å²) in [4.78, 5) is 33.9. The summed E-state index contributed by atoms with van der Waals surface area (Å²) >= 11 is 0. The largest absolute Gasteiger partial charge is 0.509 e. The molecule has 5 rings (SSSR count). The Labute approximate surface area is 243 Å². The van der Waals surface area contributed by atoms with Gasteiger partial charge < -0.3 is 10.4 Å². The number of carbonyl (C=O) groups is 2. The molecular weight excluding hydrogens is 606 g/mol. The van der Waals surface area contributed by atoms with Gasteiger partial charge in [-0.1, -0.05) is 12.1 Å². The van der Waals surface area contributed by atoms with Crippen molar-refractivity contribution in [2.24, 2.45) is 0 Å². The molecule has 2 amide bonds. The van der Waals surface area contributed by atoms with Crippen LogP contribution in [0.3, 0.4) is 0 Å². The Bertz CT molecular complexity index is 1680. The van der Waals surface area contributed by atoms with Crippen LogP contribution in [-0.4, -0.2) is 49.5 Å². The van der Waals surface area contributed by atoms with Gasteiger partial charge in [-0.2, -0.15) is 26.3 Å². The molecule has 1 aromatic heterocycles. The summed E-state index contributed by atoms with van der Waals surface area (Å²) < 4.78 is 109. The third kappa shape index (κ3) is 5.33. The molecular formula is C28H21F8N5O3. The molecule has 2 N–H and O–H groups in total. The number of nitrogens with zero attached hydrogens (tertiary/aromatic N) is 4. The third-order valence-corrected chi connectivity index (χ3v) is 7.70. The Hall–Kier alpha value is -4.60. The van der Waals surface area contributed by atoms with Crippen LogP contribution in [-0.2, 0) is 28.5 Å². The molecule has 8 nitrogen and oxygen atoms in total. The number of halogens is 8. The highest BCUT2D eigenvalue weighted by Gasteiger charge is 2.55. The van der Waals surface area contributed by atoms with Crippen LogP contribution in [0.4, 0.5) is 40.8 Å². The van der Waals surface area contributed by atoms with Gasteiger partial charge in [-0.3, -0.25) is 14.6 Å². The maximum atomic E-state index is 14.5. The summed E-state index contributed by atoms with van der Waals surface area (Å²) in [7, 11) is 1.42. The van der Waals surface area contributed by atoms with Crippen molar-refractivity contribution in [1.29, 1.82) is 0 Å². The Balaban J connectivity index is 1.56. The quantitative estimate of drug-likeness (QED) is 0.265. The highest BCUT2D eigenvalue weighted by Crippen LogP contribution is 2.47. The first-order valence-corrected chi connectivity index (χ1v) is 12.9. The number of aliphatic hydroxyl groups is 1. The molecule has 3 aromatic rings. The lowest BCUT2D eigenvalue weighted by molar-refractivity contribution is -0.172. The minimum absolute atomic E-state index is 0.241. The van der Waals surface area contributed by atoms with Gasteiger partial charge in [0.2, 0.25) is 0 Å². The number of nitrogens with one attached hydrogen (secondary N) is 1. The van der Waals surface area contributed by atoms with Crippen LogP contribution < -0.4 is 5.32 Å². The summed E-state index contributed by atoms with van der Waals surface area (Å²) in [5.41, 5.74) is -6.76. The third-order valence-electron chi connectivity index (χ3n) is 7.70. The predicted octanol–water partition coefficient (Wildman–Crippen LogP) is 6.02. The van der Waals surface area contributed by atoms with Crippen molar-refractivity contribution in [2.45, 2.75) is 43.7 Å². The summed E-state index contributed by atoms with van der Waals surface area (Å²) in [6.45, 7) is -0.544. The van der Waals surface area contributed by atoms with Crippen molar-refractivity contribution in [2.75, 3.05) is 12.4 Å². The van der Waals surface area contributed by atoms with Crippen molar-refractivity contribution in [3.05, 3.63) is 88.6 Å². The van der Waals surface area contributed by atoms with E-state index in [1.165, 1.54) is 24.2 Å². The lowest BCUT2D eigenvalue weighted by Gasteiger charge is -2.54. The van der Waals surface area contributed by atoms with Gasteiger partial charge in [-0.15, -0.1) is 0 Å². The van der Waals surface area contributed by atoms with Crippen molar-refractivity contribution < 1.29 is 49.8 Å². The fourth-order valence-electron chi connectivity index (χ4n) is 5.16. The number of carbonyl (C=O) groups excluding carboxylic acids is 2. The van der Waals surface area contributed by atoms with Crippen LogP contribution in [0, 0.1) is 11.6 Å². The number of hydrazine groups is 1. The fourth-order valence-corrected chi connectivity index (χ4v) is 5.16. The van der Waals surface area contributed by atoms with E-state index in [9.17, 15) is 49.8 Å². The molecule has 232 valence electrons. The summed E-state index contributed by atoms with van der Waals surface area (Å²) in [6.07, 6.45) is -8.32. The second kappa shape index (κ2) is 10.8. The van der Waals surface area contributed by atoms with Gasteiger partial charge in [0.25, 0.3) is 11.8 Å². The van der Waals surface area contributed by atoms with E-state index in [4.69, 9.17) is 0 Å². The van der Waals surface area contributed by atoms with E-state index >= 15 is 0 Å². The molecule has 1 aliphatic carbocycles. The molecule has 16 heteroatoms. The van der Waals surface area contributed by atoms with Crippen LogP contribution >= 0.6 is 0 Å². The van der Waals surface area contributed by atoms with Crippen LogP contribution in [0.2, 0.25) is 0 Å². The fraction of sp³-hybridized carbons (Fsp3) is 0.286. The maximum Gasteiger partial charge on any atom is 0.433 e. The molecule has 1 saturated carbocycles. The average molecular weight is 627 g/mol. The van der Waals surface area contributed by atoms with E-state index in [2.05, 4.69) is 15.3 Å². The maximum absolute atomic E-state index is 14.5. The number of aromatic nitrogens is 2. The van der Waals surface area contributed by atoms with Crippen molar-refractivity contribution in [1.82, 2.24) is 20.0 Å². The highest BCUT2D eigenvalue weighted by atomic mass is 19.4. The molecule has 0 bridgehead atoms. The van der Waals surface area contributed by atoms with Crippen molar-refractivity contribution in [3.8, 4) is 11.3 Å². The number of hydrogen-bond acceptors (Lipinski definition) is 6. The number of amides is 2. The standard InChI is InChI=1S/C28H21F8N5O3/c1-40-26(8-3-9-26)23(42)21(25(44)41(40)12-14-4-2-5-17(29)22(14)30)24(43)39-18-7-6-15(27(31,32)33)10-16(18)19-11-20(28(34,35)36)38-13-37-19/h2,4-7,10-11,13,42H,3,8-9,12H2,1H3,(H,39,43). The van der Waals surface area contributed by atoms with Crippen LogP contribution in [0.25, 0.3) is 11.3 Å². The Kier molecular flexibility index (Phi) is 7.60. The zero-order valence-electron chi connectivity index (χ0n) is 22.5. The van der Waals surface area contributed by atoms with Gasteiger partial charge in [0, 0.05) is 18.2 Å². The SMILES string of the molecule is CN1N(Cc2cccc(F)c2F)C(=O)C(C(=O)Nc2ccc(C(F)(F)F)cc2-c2cc(C(F)(F)F)ncn2)=C(O)C12CCC2. The minimum atomic E-state index is -4.97. The lowest BCUT2D eigenvalue weighted by Crippen LogP contribution is -2.65. The molecule has 2 aliphatic rings. The molecule has 2 heterocycles. The van der Waals surface area contributed by atoms with E-state index in [-0.39, 0.29) is 18.4 Å². The molecule has 44 heavy (non-hydrogen) atoms. The molecule has 1 aliphatic heterocycles. The van der Waals surface area contributed by atoms with E-state index in [0.717, 1.165) is 17.1 Å². The van der Waals surface area contributed by atoms with E-state index < -0.39 is 87.4 Å². The van der Waals surface area contributed by atoms with Gasteiger partial charge in [-0.25, -0.2) is 23.8 Å². The number of hydrogen-bond donors (Lipinski definition) is 2. The van der Waals surface area contributed by atoms with Crippen LogP contribution in [0.5, 0.6) is 0 Å². The van der Waals surface area contributed by atoms with Crippen LogP contribution in [0.1, 0.15) is 36.1 Å². The molecule has 0 radical (unpaired) electrons. The second-order valence-corrected chi connectivity index (χ2v) is 10.2. The highest BCUT2D eigenvalue weighted by molar-refractivity contribution is 6.24. The number of likely N-dealkylation sites (N-methyl/N-ethyl adjacent to an activating group) is 1. The molecule has 0 atom stereocenters. The molecule has 1 spiro atoms. The second-order valence-electron chi connectivity index (χ2n) is 10.2. The van der Waals surface area contributed by atoms with Gasteiger partial charge in [0.15, 0.2) is 11.6 Å². The minimum Gasteiger partial charge on any atom is -0.509 e. The summed E-state index contributed by atoms with van der Waals surface area (Å²) in [5, 5.41) is 15.6. The molecule has 2 aromatic carbocycles. The zero-order chi connectivity index (χ0) is 32.2. The average Bonchev–Trinajstić information content (AvgIpc) is 2.92. The Morgan fingerprint density at radius 2 is 1.73 bits per heavy atom. The first-order chi connectivity index (χ1) is 20.5. The van der Waals surface area contributed by atoms with E-state index in [1.807, 2.05) is 0 Å². The van der Waals surface area contributed by atoms with Gasteiger partial charge in [-0.05, 0) is 49.6 Å². The number of aliphatic hydroxyl groups excluding tert-OH is 1. The number of anilines is 1. The van der Waals surface area contributed by atoms with E-state index in [0.29, 0.717) is 30.9 Å². The Morgan fingerprint density at radius 3 is 2.34 bits per heavy atom. The summed E-state index contributed by atoms with van der Waals surface area (Å²) in [6, 6.07) is 5.48. The number of benzene rings is 2. The topological polar surface area (TPSA) is 98.7 Å². The number of rotatable bonds is 5. The zero-order valence-corrected chi connectivity index (χ0v) is 22.5. The monoisotopic (exact) mass is 627 g/mol. The normalized spacial score (nSPS) is 17.2. The van der Waals surface area contributed by atoms with Crippen molar-refractivity contribution >= 4 is 17.5 Å². The number of alkyl halides is 6. The van der Waals surface area contributed by atoms with Gasteiger partial charge in [0.1, 0.15) is 23.4 Å². The first-order valence-electron chi connectivity index (χ1n) is 12.9.